The van der Waals surface area contributed by atoms with Crippen molar-refractivity contribution in [1.29, 1.82) is 0 Å². The first-order valence-electron chi connectivity index (χ1n) is 4.51. The Balaban J connectivity index is 0. The van der Waals surface area contributed by atoms with Gasteiger partial charge in [-0.1, -0.05) is 39.0 Å². The first-order valence-corrected chi connectivity index (χ1v) is 6.12. The molecule has 0 aromatic heterocycles. The number of rotatable bonds is 7. The molecule has 0 rings (SSSR count). The van der Waals surface area contributed by atoms with Gasteiger partial charge in [0, 0.05) is 0 Å². The van der Waals surface area contributed by atoms with E-state index in [1.165, 1.54) is 19.3 Å². The molecular weight excluding hydrogens is 291 g/mol. The molecule has 0 unspecified atom stereocenters. The SMILES string of the molecule is CCCCCCCCS(=O)(=O)O.[InH3]. The van der Waals surface area contributed by atoms with Crippen LogP contribution in [0.5, 0.6) is 0 Å². The van der Waals surface area contributed by atoms with Crippen LogP contribution in [0.3, 0.4) is 0 Å². The van der Waals surface area contributed by atoms with Crippen LogP contribution in [0.15, 0.2) is 0 Å². The van der Waals surface area contributed by atoms with E-state index >= 15 is 0 Å². The van der Waals surface area contributed by atoms with Gasteiger partial charge in [0.15, 0.2) is 0 Å². The standard InChI is InChI=1S/C8H18O3S.In.3H/c1-2-3-4-5-6-7-8-12(9,10)11;;;;/h2-8H2,1H3,(H,9,10,11);;;;. The first kappa shape index (κ1) is 16.2. The average Bonchev–Trinajstić information content (AvgIpc) is 1.94. The van der Waals surface area contributed by atoms with Crippen molar-refractivity contribution in [2.45, 2.75) is 45.4 Å². The molecule has 0 bridgehead atoms. The van der Waals surface area contributed by atoms with Crippen LogP contribution in [-0.4, -0.2) is 44.6 Å². The Labute approximate surface area is 99.8 Å². The van der Waals surface area contributed by atoms with Crippen LogP contribution < -0.4 is 0 Å². The van der Waals surface area contributed by atoms with Crippen molar-refractivity contribution in [3.63, 3.8) is 0 Å². The molecule has 0 spiro atoms. The monoisotopic (exact) mass is 312 g/mol. The average molecular weight is 312 g/mol. The third-order valence-corrected chi connectivity index (χ3v) is 2.56. The van der Waals surface area contributed by atoms with E-state index in [4.69, 9.17) is 4.55 Å². The minimum absolute atomic E-state index is 0. The summed E-state index contributed by atoms with van der Waals surface area (Å²) in [7, 11) is -3.72. The molecule has 0 atom stereocenters. The molecule has 0 fully saturated rings. The molecule has 1 N–H and O–H groups in total. The van der Waals surface area contributed by atoms with Gasteiger partial charge in [0.25, 0.3) is 10.1 Å². The van der Waals surface area contributed by atoms with Gasteiger partial charge in [0.05, 0.1) is 5.75 Å². The Bertz CT molecular complexity index is 190. The van der Waals surface area contributed by atoms with Gasteiger partial charge in [0.1, 0.15) is 0 Å². The Kier molecular flexibility index (Phi) is 11.7. The summed E-state index contributed by atoms with van der Waals surface area (Å²) < 4.78 is 28.9. The van der Waals surface area contributed by atoms with E-state index in [-0.39, 0.29) is 31.6 Å². The Morgan fingerprint density at radius 1 is 1.00 bits per heavy atom. The predicted octanol–water partition coefficient (Wildman–Crippen LogP) is 1.05. The number of unbranched alkanes of at least 4 members (excludes halogenated alkanes) is 5. The van der Waals surface area contributed by atoms with E-state index < -0.39 is 10.1 Å². The molecule has 80 valence electrons. The Morgan fingerprint density at radius 2 is 1.46 bits per heavy atom. The summed E-state index contributed by atoms with van der Waals surface area (Å²) in [5.74, 6) is -0.0842. The fourth-order valence-electron chi connectivity index (χ4n) is 1.06. The molecule has 0 aliphatic carbocycles. The zero-order valence-corrected chi connectivity index (χ0v) is 8.44. The van der Waals surface area contributed by atoms with Gasteiger partial charge in [-0.05, 0) is 6.42 Å². The molecule has 0 amide bonds. The third-order valence-electron chi connectivity index (χ3n) is 1.76. The van der Waals surface area contributed by atoms with Crippen molar-refractivity contribution < 1.29 is 13.0 Å². The fraction of sp³-hybridized carbons (Fsp3) is 1.00. The summed E-state index contributed by atoms with van der Waals surface area (Å²) in [5, 5.41) is 0. The molecule has 0 saturated carbocycles. The minimum atomic E-state index is -3.72. The second-order valence-electron chi connectivity index (χ2n) is 3.05. The first-order chi connectivity index (χ1) is 5.56. The third kappa shape index (κ3) is 15.5. The van der Waals surface area contributed by atoms with Gasteiger partial charge >= 0.3 is 25.8 Å². The molecule has 0 heterocycles. The van der Waals surface area contributed by atoms with Gasteiger partial charge in [-0.2, -0.15) is 8.42 Å². The van der Waals surface area contributed by atoms with Crippen molar-refractivity contribution >= 4 is 36.0 Å². The maximum absolute atomic E-state index is 10.3. The van der Waals surface area contributed by atoms with Gasteiger partial charge < -0.3 is 0 Å². The van der Waals surface area contributed by atoms with Crippen LogP contribution in [0.2, 0.25) is 0 Å². The zero-order chi connectivity index (χ0) is 9.45. The van der Waals surface area contributed by atoms with Crippen molar-refractivity contribution in [3.05, 3.63) is 0 Å². The predicted molar refractivity (Wildman–Crippen MR) is 59.7 cm³/mol. The second-order valence-corrected chi connectivity index (χ2v) is 4.63. The van der Waals surface area contributed by atoms with E-state index in [9.17, 15) is 8.42 Å². The molecule has 0 saturated heterocycles. The summed E-state index contributed by atoms with van der Waals surface area (Å²) in [4.78, 5) is 0. The van der Waals surface area contributed by atoms with Crippen LogP contribution in [0.1, 0.15) is 45.4 Å². The molecular formula is C8H21InO3S. The van der Waals surface area contributed by atoms with Crippen LogP contribution in [0, 0.1) is 0 Å². The van der Waals surface area contributed by atoms with Gasteiger partial charge in [-0.25, -0.2) is 0 Å². The Morgan fingerprint density at radius 3 is 1.92 bits per heavy atom. The van der Waals surface area contributed by atoms with Crippen molar-refractivity contribution in [3.8, 4) is 0 Å². The van der Waals surface area contributed by atoms with Crippen LogP contribution in [0.25, 0.3) is 0 Å². The molecule has 13 heavy (non-hydrogen) atoms. The topological polar surface area (TPSA) is 54.4 Å². The van der Waals surface area contributed by atoms with E-state index in [2.05, 4.69) is 6.92 Å². The van der Waals surface area contributed by atoms with E-state index in [1.54, 1.807) is 0 Å². The van der Waals surface area contributed by atoms with Gasteiger partial charge in [-0.3, -0.25) is 4.55 Å². The number of hydrogen-bond donors (Lipinski definition) is 1. The van der Waals surface area contributed by atoms with Gasteiger partial charge in [0.2, 0.25) is 0 Å². The van der Waals surface area contributed by atoms with Crippen molar-refractivity contribution in [2.75, 3.05) is 5.75 Å². The molecule has 3 nitrogen and oxygen atoms in total. The summed E-state index contributed by atoms with van der Waals surface area (Å²) in [5.41, 5.74) is 0. The van der Waals surface area contributed by atoms with Crippen LogP contribution in [0.4, 0.5) is 0 Å². The summed E-state index contributed by atoms with van der Waals surface area (Å²) >= 11 is 0. The molecule has 0 aromatic rings. The zero-order valence-electron chi connectivity index (χ0n) is 7.62. The van der Waals surface area contributed by atoms with Crippen molar-refractivity contribution in [1.82, 2.24) is 0 Å². The van der Waals surface area contributed by atoms with Gasteiger partial charge in [-0.15, -0.1) is 0 Å². The molecule has 0 aliphatic heterocycles. The molecule has 5 heteroatoms. The molecule has 0 aromatic carbocycles. The van der Waals surface area contributed by atoms with E-state index in [1.807, 2.05) is 0 Å². The summed E-state index contributed by atoms with van der Waals surface area (Å²) in [6.45, 7) is 2.14. The van der Waals surface area contributed by atoms with Crippen LogP contribution in [-0.2, 0) is 10.1 Å². The number of hydrogen-bond acceptors (Lipinski definition) is 2. The maximum atomic E-state index is 10.3. The quantitative estimate of drug-likeness (QED) is 0.565. The fourth-order valence-corrected chi connectivity index (χ4v) is 1.63. The second kappa shape index (κ2) is 9.34. The van der Waals surface area contributed by atoms with Crippen LogP contribution >= 0.6 is 0 Å². The Hall–Kier alpha value is 0.780. The van der Waals surface area contributed by atoms with E-state index in [0.29, 0.717) is 6.42 Å². The molecule has 0 aliphatic rings. The normalized spacial score (nSPS) is 10.9. The summed E-state index contributed by atoms with van der Waals surface area (Å²) in [6, 6.07) is 0. The molecule has 0 radical (unpaired) electrons. The van der Waals surface area contributed by atoms with E-state index in [0.717, 1.165) is 12.8 Å². The van der Waals surface area contributed by atoms with Crippen molar-refractivity contribution in [2.24, 2.45) is 0 Å². The summed E-state index contributed by atoms with van der Waals surface area (Å²) in [6.07, 6.45) is 6.14.